The molecule has 1 aliphatic carbocycles. The number of hydrogen-bond acceptors (Lipinski definition) is 6. The highest BCUT2D eigenvalue weighted by molar-refractivity contribution is 8.26. The highest BCUT2D eigenvalue weighted by Crippen LogP contribution is 2.36. The summed E-state index contributed by atoms with van der Waals surface area (Å²) in [4.78, 5) is 29.3. The van der Waals surface area contributed by atoms with Crippen LogP contribution in [0.25, 0.3) is 11.0 Å². The molecule has 156 valence electrons. The molecule has 3 heterocycles. The Bertz CT molecular complexity index is 1100. The lowest BCUT2D eigenvalue weighted by atomic mass is 9.87. The SMILES string of the molecule is Cc1oc(C2CCCCC2)nc1CC(c1ccc2occc2c1)C1NC(=O)SC1=O. The molecule has 0 spiro atoms. The largest absolute Gasteiger partial charge is 0.464 e. The van der Waals surface area contributed by atoms with Crippen molar-refractivity contribution in [2.24, 2.45) is 0 Å². The van der Waals surface area contributed by atoms with Crippen LogP contribution in [-0.4, -0.2) is 21.4 Å². The molecule has 2 fully saturated rings. The Balaban J connectivity index is 1.48. The summed E-state index contributed by atoms with van der Waals surface area (Å²) in [6.07, 6.45) is 8.14. The smallest absolute Gasteiger partial charge is 0.287 e. The molecule has 1 amide bonds. The van der Waals surface area contributed by atoms with Gasteiger partial charge in [-0.15, -0.1) is 0 Å². The van der Waals surface area contributed by atoms with E-state index in [1.54, 1.807) is 6.26 Å². The number of carbonyl (C=O) groups excluding carboxylic acids is 2. The van der Waals surface area contributed by atoms with Crippen LogP contribution in [0, 0.1) is 6.92 Å². The molecule has 1 aromatic carbocycles. The number of thioether (sulfide) groups is 1. The number of carbonyl (C=O) groups is 2. The number of aryl methyl sites for hydroxylation is 1. The molecular weight excluding hydrogens is 400 g/mol. The van der Waals surface area contributed by atoms with Crippen LogP contribution >= 0.6 is 11.8 Å². The van der Waals surface area contributed by atoms with Crippen molar-refractivity contribution >= 4 is 33.1 Å². The molecule has 2 aromatic heterocycles. The maximum absolute atomic E-state index is 12.6. The van der Waals surface area contributed by atoms with Gasteiger partial charge in [-0.2, -0.15) is 0 Å². The third-order valence-electron chi connectivity index (χ3n) is 6.30. The second-order valence-electron chi connectivity index (χ2n) is 8.25. The molecule has 2 aliphatic rings. The molecule has 1 aliphatic heterocycles. The van der Waals surface area contributed by atoms with Crippen LogP contribution in [0.1, 0.15) is 66.8 Å². The van der Waals surface area contributed by atoms with Gasteiger partial charge in [-0.05, 0) is 43.5 Å². The maximum atomic E-state index is 12.6. The Kier molecular flexibility index (Phi) is 5.15. The average Bonchev–Trinajstić information content (AvgIpc) is 3.45. The Labute approximate surface area is 178 Å². The second-order valence-corrected chi connectivity index (χ2v) is 9.23. The molecule has 1 saturated heterocycles. The van der Waals surface area contributed by atoms with Crippen LogP contribution in [0.3, 0.4) is 0 Å². The zero-order valence-corrected chi connectivity index (χ0v) is 17.7. The van der Waals surface area contributed by atoms with Gasteiger partial charge < -0.3 is 14.2 Å². The Morgan fingerprint density at radius 1 is 1.20 bits per heavy atom. The first kappa shape index (κ1) is 19.4. The van der Waals surface area contributed by atoms with Crippen molar-refractivity contribution in [2.75, 3.05) is 0 Å². The van der Waals surface area contributed by atoms with Crippen molar-refractivity contribution in [1.29, 1.82) is 0 Å². The minimum Gasteiger partial charge on any atom is -0.464 e. The standard InChI is InChI=1S/C23H24N2O4S/c1-13-18(24-21(29-13)14-5-3-2-4-6-14)12-17(20-22(26)30-23(27)25-20)15-7-8-19-16(11-15)9-10-28-19/h7-11,14,17,20H,2-6,12H2,1H3,(H,25,27). The van der Waals surface area contributed by atoms with E-state index in [-0.39, 0.29) is 16.3 Å². The number of benzene rings is 1. The molecule has 1 N–H and O–H groups in total. The van der Waals surface area contributed by atoms with Gasteiger partial charge in [0.2, 0.25) is 5.12 Å². The summed E-state index contributed by atoms with van der Waals surface area (Å²) >= 11 is 0.748. The third-order valence-corrected chi connectivity index (χ3v) is 7.06. The quantitative estimate of drug-likeness (QED) is 0.586. The van der Waals surface area contributed by atoms with E-state index in [9.17, 15) is 9.59 Å². The van der Waals surface area contributed by atoms with Gasteiger partial charge in [0.05, 0.1) is 12.0 Å². The summed E-state index contributed by atoms with van der Waals surface area (Å²) in [5, 5.41) is 3.38. The summed E-state index contributed by atoms with van der Waals surface area (Å²) < 4.78 is 11.5. The van der Waals surface area contributed by atoms with Crippen molar-refractivity contribution in [3.63, 3.8) is 0 Å². The van der Waals surface area contributed by atoms with Crippen molar-refractivity contribution < 1.29 is 18.4 Å². The average molecular weight is 425 g/mol. The fourth-order valence-corrected chi connectivity index (χ4v) is 5.37. The first-order valence-electron chi connectivity index (χ1n) is 10.5. The van der Waals surface area contributed by atoms with Crippen molar-refractivity contribution in [3.05, 3.63) is 53.4 Å². The van der Waals surface area contributed by atoms with E-state index in [4.69, 9.17) is 13.8 Å². The van der Waals surface area contributed by atoms with Gasteiger partial charge in [0.25, 0.3) is 5.24 Å². The van der Waals surface area contributed by atoms with Crippen LogP contribution in [0.15, 0.2) is 39.4 Å². The van der Waals surface area contributed by atoms with Crippen molar-refractivity contribution in [1.82, 2.24) is 10.3 Å². The molecule has 2 atom stereocenters. The van der Waals surface area contributed by atoms with Crippen LogP contribution in [-0.2, 0) is 11.2 Å². The number of amides is 1. The van der Waals surface area contributed by atoms with E-state index < -0.39 is 6.04 Å². The zero-order valence-electron chi connectivity index (χ0n) is 16.8. The lowest BCUT2D eigenvalue weighted by Crippen LogP contribution is -2.36. The Morgan fingerprint density at radius 2 is 2.03 bits per heavy atom. The summed E-state index contributed by atoms with van der Waals surface area (Å²) in [5.74, 6) is 1.78. The van der Waals surface area contributed by atoms with Crippen molar-refractivity contribution in [2.45, 2.75) is 63.3 Å². The van der Waals surface area contributed by atoms with E-state index in [1.807, 2.05) is 31.2 Å². The highest BCUT2D eigenvalue weighted by Gasteiger charge is 2.39. The number of hydrogen-bond donors (Lipinski definition) is 1. The molecule has 3 aromatic rings. The van der Waals surface area contributed by atoms with Crippen LogP contribution < -0.4 is 5.32 Å². The first-order valence-corrected chi connectivity index (χ1v) is 11.4. The number of furan rings is 1. The second kappa shape index (κ2) is 7.95. The van der Waals surface area contributed by atoms with Crippen LogP contribution in [0.4, 0.5) is 4.79 Å². The highest BCUT2D eigenvalue weighted by atomic mass is 32.2. The van der Waals surface area contributed by atoms with Crippen LogP contribution in [0.2, 0.25) is 0 Å². The molecule has 0 bridgehead atoms. The lowest BCUT2D eigenvalue weighted by molar-refractivity contribution is -0.112. The topological polar surface area (TPSA) is 85.3 Å². The monoisotopic (exact) mass is 424 g/mol. The number of oxazole rings is 1. The zero-order chi connectivity index (χ0) is 20.7. The minimum atomic E-state index is -0.582. The van der Waals surface area contributed by atoms with Gasteiger partial charge in [-0.1, -0.05) is 25.3 Å². The predicted molar refractivity (Wildman–Crippen MR) is 115 cm³/mol. The van der Waals surface area contributed by atoms with Crippen LogP contribution in [0.5, 0.6) is 0 Å². The van der Waals surface area contributed by atoms with Gasteiger partial charge in [0, 0.05) is 35.4 Å². The molecule has 30 heavy (non-hydrogen) atoms. The molecule has 5 rings (SSSR count). The summed E-state index contributed by atoms with van der Waals surface area (Å²) in [6, 6.07) is 7.23. The van der Waals surface area contributed by atoms with Crippen molar-refractivity contribution in [3.8, 4) is 0 Å². The number of nitrogens with one attached hydrogen (secondary N) is 1. The molecule has 7 heteroatoms. The number of fused-ring (bicyclic) bond motifs is 1. The molecule has 6 nitrogen and oxygen atoms in total. The van der Waals surface area contributed by atoms with Gasteiger partial charge >= 0.3 is 0 Å². The minimum absolute atomic E-state index is 0.147. The maximum Gasteiger partial charge on any atom is 0.287 e. The van der Waals surface area contributed by atoms with Gasteiger partial charge in [0.1, 0.15) is 17.4 Å². The molecular formula is C23H24N2O4S. The first-order chi connectivity index (χ1) is 14.6. The van der Waals surface area contributed by atoms with Gasteiger partial charge in [-0.3, -0.25) is 9.59 Å². The van der Waals surface area contributed by atoms with E-state index in [1.165, 1.54) is 19.3 Å². The summed E-state index contributed by atoms with van der Waals surface area (Å²) in [7, 11) is 0. The molecule has 0 radical (unpaired) electrons. The van der Waals surface area contributed by atoms with Gasteiger partial charge in [0.15, 0.2) is 5.89 Å². The fraction of sp³-hybridized carbons (Fsp3) is 0.435. The Morgan fingerprint density at radius 3 is 2.80 bits per heavy atom. The van der Waals surface area contributed by atoms with E-state index in [0.29, 0.717) is 12.3 Å². The predicted octanol–water partition coefficient (Wildman–Crippen LogP) is 5.45. The summed E-state index contributed by atoms with van der Waals surface area (Å²) in [5.41, 5.74) is 2.64. The molecule has 2 unspecified atom stereocenters. The number of nitrogens with zero attached hydrogens (tertiary/aromatic N) is 1. The van der Waals surface area contributed by atoms with E-state index in [2.05, 4.69) is 5.32 Å². The lowest BCUT2D eigenvalue weighted by Gasteiger charge is -2.22. The Hall–Kier alpha value is -2.54. The van der Waals surface area contributed by atoms with Gasteiger partial charge in [-0.25, -0.2) is 4.98 Å². The number of aromatic nitrogens is 1. The number of rotatable bonds is 5. The third kappa shape index (κ3) is 3.67. The fourth-order valence-electron chi connectivity index (χ4n) is 4.65. The normalized spacial score (nSPS) is 21.3. The van der Waals surface area contributed by atoms with E-state index in [0.717, 1.165) is 58.5 Å². The summed E-state index contributed by atoms with van der Waals surface area (Å²) in [6.45, 7) is 1.94. The molecule has 1 saturated carbocycles. The van der Waals surface area contributed by atoms with E-state index >= 15 is 0 Å².